The van der Waals surface area contributed by atoms with Crippen molar-refractivity contribution in [1.82, 2.24) is 10.3 Å². The fourth-order valence-electron chi connectivity index (χ4n) is 2.75. The number of hydrogen-bond acceptors (Lipinski definition) is 5. The van der Waals surface area contributed by atoms with Crippen LogP contribution in [0.5, 0.6) is 0 Å². The van der Waals surface area contributed by atoms with Gasteiger partial charge in [0.25, 0.3) is 0 Å². The van der Waals surface area contributed by atoms with Crippen LogP contribution in [0.4, 0.5) is 5.13 Å². The van der Waals surface area contributed by atoms with Crippen LogP contribution in [-0.4, -0.2) is 18.6 Å². The monoisotopic (exact) mass is 341 g/mol. The summed E-state index contributed by atoms with van der Waals surface area (Å²) in [7, 11) is 2.11. The Balaban J connectivity index is 1.76. The van der Waals surface area contributed by atoms with Gasteiger partial charge in [-0.05, 0) is 37.9 Å². The summed E-state index contributed by atoms with van der Waals surface area (Å²) < 4.78 is 0.851. The molecule has 114 valence electrons. The van der Waals surface area contributed by atoms with Crippen molar-refractivity contribution in [3.63, 3.8) is 0 Å². The van der Waals surface area contributed by atoms with Gasteiger partial charge in [0.2, 0.25) is 0 Å². The molecule has 1 aliphatic rings. The molecule has 0 spiro atoms. The van der Waals surface area contributed by atoms with Crippen LogP contribution in [-0.2, 0) is 13.0 Å². The van der Waals surface area contributed by atoms with Crippen molar-refractivity contribution in [3.05, 3.63) is 31.9 Å². The normalized spacial score (nSPS) is 17.8. The van der Waals surface area contributed by atoms with Gasteiger partial charge in [-0.25, -0.2) is 4.98 Å². The number of hydrogen-bond donors (Lipinski definition) is 1. The first-order chi connectivity index (χ1) is 10.2. The zero-order valence-corrected chi connectivity index (χ0v) is 14.7. The number of nitrogens with zero attached hydrogens (tertiary/aromatic N) is 2. The molecule has 3 nitrogen and oxygen atoms in total. The maximum atomic E-state index is 6.00. The van der Waals surface area contributed by atoms with E-state index in [0.29, 0.717) is 6.04 Å². The van der Waals surface area contributed by atoms with Crippen LogP contribution >= 0.6 is 34.3 Å². The molecule has 1 unspecified atom stereocenters. The summed E-state index contributed by atoms with van der Waals surface area (Å²) in [5, 5.41) is 4.70. The molecule has 3 rings (SSSR count). The molecule has 1 aliphatic carbocycles. The third-order valence-electron chi connectivity index (χ3n) is 3.74. The van der Waals surface area contributed by atoms with Crippen LogP contribution in [0.2, 0.25) is 4.34 Å². The lowest BCUT2D eigenvalue weighted by molar-refractivity contribution is 0.476. The van der Waals surface area contributed by atoms with E-state index in [1.165, 1.54) is 28.3 Å². The van der Waals surface area contributed by atoms with Crippen molar-refractivity contribution < 1.29 is 0 Å². The number of aryl methyl sites for hydroxylation is 1. The molecule has 0 amide bonds. The molecule has 0 bridgehead atoms. The second kappa shape index (κ2) is 6.65. The third-order valence-corrected chi connectivity index (χ3v) is 6.28. The Hall–Kier alpha value is -0.620. The van der Waals surface area contributed by atoms with Crippen LogP contribution in [0.15, 0.2) is 12.1 Å². The van der Waals surface area contributed by atoms with Gasteiger partial charge in [0, 0.05) is 22.8 Å². The molecule has 0 saturated carbocycles. The number of halogens is 1. The highest BCUT2D eigenvalue weighted by Gasteiger charge is 2.24. The zero-order chi connectivity index (χ0) is 14.8. The Bertz CT molecular complexity index is 608. The van der Waals surface area contributed by atoms with E-state index in [9.17, 15) is 0 Å². The van der Waals surface area contributed by atoms with Gasteiger partial charge in [-0.3, -0.25) is 0 Å². The van der Waals surface area contributed by atoms with E-state index in [1.807, 2.05) is 17.4 Å². The fourth-order valence-corrected chi connectivity index (χ4v) is 5.07. The van der Waals surface area contributed by atoms with Crippen molar-refractivity contribution in [1.29, 1.82) is 0 Å². The summed E-state index contributed by atoms with van der Waals surface area (Å²) >= 11 is 9.49. The predicted molar refractivity (Wildman–Crippen MR) is 92.9 cm³/mol. The van der Waals surface area contributed by atoms with E-state index in [2.05, 4.69) is 30.3 Å². The van der Waals surface area contributed by atoms with Crippen LogP contribution in [0, 0.1) is 0 Å². The molecule has 2 aromatic heterocycles. The predicted octanol–water partition coefficient (Wildman–Crippen LogP) is 4.48. The summed E-state index contributed by atoms with van der Waals surface area (Å²) in [4.78, 5) is 9.81. The van der Waals surface area contributed by atoms with Gasteiger partial charge in [-0.2, -0.15) is 0 Å². The first-order valence-corrected chi connectivity index (χ1v) is 9.36. The molecular formula is C15H20ClN3S2. The first-order valence-electron chi connectivity index (χ1n) is 7.35. The third kappa shape index (κ3) is 3.42. The standard InChI is InChI=1S/C15H20ClN3S2/c1-3-17-11-5-4-6-12-14(11)21-15(18-12)19(2)9-10-7-8-13(16)20-10/h7-8,11,17H,3-6,9H2,1-2H3. The summed E-state index contributed by atoms with van der Waals surface area (Å²) in [5.41, 5.74) is 1.29. The minimum atomic E-state index is 0.495. The Morgan fingerprint density at radius 3 is 3.00 bits per heavy atom. The van der Waals surface area contributed by atoms with Gasteiger partial charge >= 0.3 is 0 Å². The molecule has 1 N–H and O–H groups in total. The molecule has 0 fully saturated rings. The summed E-state index contributed by atoms with van der Waals surface area (Å²) in [6.07, 6.45) is 3.58. The maximum Gasteiger partial charge on any atom is 0.185 e. The van der Waals surface area contributed by atoms with Gasteiger partial charge < -0.3 is 10.2 Å². The van der Waals surface area contributed by atoms with E-state index in [1.54, 1.807) is 11.3 Å². The highest BCUT2D eigenvalue weighted by molar-refractivity contribution is 7.16. The lowest BCUT2D eigenvalue weighted by atomic mass is 9.98. The Labute approximate surface area is 139 Å². The van der Waals surface area contributed by atoms with Gasteiger partial charge in [0.05, 0.1) is 16.6 Å². The Morgan fingerprint density at radius 1 is 1.43 bits per heavy atom. The van der Waals surface area contributed by atoms with E-state index in [4.69, 9.17) is 16.6 Å². The highest BCUT2D eigenvalue weighted by Crippen LogP contribution is 2.37. The smallest absolute Gasteiger partial charge is 0.185 e. The van der Waals surface area contributed by atoms with Gasteiger partial charge in [0.1, 0.15) is 0 Å². The molecule has 0 aliphatic heterocycles. The van der Waals surface area contributed by atoms with Crippen molar-refractivity contribution in [3.8, 4) is 0 Å². The number of nitrogens with one attached hydrogen (secondary N) is 1. The van der Waals surface area contributed by atoms with Crippen molar-refractivity contribution >= 4 is 39.4 Å². The number of thiazole rings is 1. The number of thiophene rings is 1. The van der Waals surface area contributed by atoms with E-state index >= 15 is 0 Å². The molecule has 6 heteroatoms. The Morgan fingerprint density at radius 2 is 2.29 bits per heavy atom. The number of anilines is 1. The molecule has 2 aromatic rings. The number of rotatable bonds is 5. The van der Waals surface area contributed by atoms with E-state index in [0.717, 1.165) is 29.0 Å². The average Bonchev–Trinajstić information content (AvgIpc) is 3.06. The largest absolute Gasteiger partial charge is 0.346 e. The lowest BCUT2D eigenvalue weighted by Crippen LogP contribution is -2.23. The average molecular weight is 342 g/mol. The minimum absolute atomic E-state index is 0.495. The topological polar surface area (TPSA) is 28.2 Å². The van der Waals surface area contributed by atoms with E-state index in [-0.39, 0.29) is 0 Å². The quantitative estimate of drug-likeness (QED) is 0.869. The number of aromatic nitrogens is 1. The molecular weight excluding hydrogens is 322 g/mol. The van der Waals surface area contributed by atoms with Crippen LogP contribution in [0.1, 0.15) is 41.3 Å². The molecule has 1 atom stereocenters. The first kappa shape index (κ1) is 15.3. The van der Waals surface area contributed by atoms with Crippen LogP contribution in [0.25, 0.3) is 0 Å². The zero-order valence-electron chi connectivity index (χ0n) is 12.4. The second-order valence-corrected chi connectivity index (χ2v) is 8.18. The minimum Gasteiger partial charge on any atom is -0.346 e. The van der Waals surface area contributed by atoms with Crippen molar-refractivity contribution in [2.75, 3.05) is 18.5 Å². The SMILES string of the molecule is CCNC1CCCc2nc(N(C)Cc3ccc(Cl)s3)sc21. The molecule has 21 heavy (non-hydrogen) atoms. The molecule has 0 radical (unpaired) electrons. The molecule has 0 aromatic carbocycles. The summed E-state index contributed by atoms with van der Waals surface area (Å²) in [6, 6.07) is 4.55. The lowest BCUT2D eigenvalue weighted by Gasteiger charge is -2.21. The van der Waals surface area contributed by atoms with Crippen molar-refractivity contribution in [2.45, 2.75) is 38.8 Å². The van der Waals surface area contributed by atoms with Gasteiger partial charge in [-0.15, -0.1) is 11.3 Å². The molecule has 2 heterocycles. The molecule has 0 saturated heterocycles. The Kier molecular flexibility index (Phi) is 4.84. The number of fused-ring (bicyclic) bond motifs is 1. The fraction of sp³-hybridized carbons (Fsp3) is 0.533. The van der Waals surface area contributed by atoms with Gasteiger partial charge in [0.15, 0.2) is 5.13 Å². The summed E-state index contributed by atoms with van der Waals surface area (Å²) in [5.74, 6) is 0. The van der Waals surface area contributed by atoms with Crippen molar-refractivity contribution in [2.24, 2.45) is 0 Å². The maximum absolute atomic E-state index is 6.00. The second-order valence-electron chi connectivity index (χ2n) is 5.37. The van der Waals surface area contributed by atoms with Gasteiger partial charge in [-0.1, -0.05) is 29.9 Å². The summed E-state index contributed by atoms with van der Waals surface area (Å²) in [6.45, 7) is 4.05. The van der Waals surface area contributed by atoms with E-state index < -0.39 is 0 Å². The van der Waals surface area contributed by atoms with Crippen LogP contribution in [0.3, 0.4) is 0 Å². The van der Waals surface area contributed by atoms with Crippen LogP contribution < -0.4 is 10.2 Å². The highest BCUT2D eigenvalue weighted by atomic mass is 35.5.